The van der Waals surface area contributed by atoms with E-state index in [1.807, 2.05) is 0 Å². The van der Waals surface area contributed by atoms with Gasteiger partial charge in [0.15, 0.2) is 0 Å². The summed E-state index contributed by atoms with van der Waals surface area (Å²) in [5.74, 6) is -0.258. The molecular weight excluding hydrogens is 131 g/mol. The highest BCUT2D eigenvalue weighted by molar-refractivity contribution is 5.19. The molecule has 2 nitrogen and oxygen atoms in total. The highest BCUT2D eigenvalue weighted by atomic mass is 19.1. The van der Waals surface area contributed by atoms with Gasteiger partial charge in [-0.25, -0.2) is 4.39 Å². The molecule has 2 heterocycles. The molecule has 0 bridgehead atoms. The lowest BCUT2D eigenvalue weighted by Crippen LogP contribution is -1.87. The molecule has 0 amide bonds. The smallest absolute Gasteiger partial charge is 0.141 e. The quantitative estimate of drug-likeness (QED) is 0.584. The van der Waals surface area contributed by atoms with Crippen molar-refractivity contribution in [3.05, 3.63) is 29.8 Å². The maximum absolute atomic E-state index is 12.5. The fourth-order valence-corrected chi connectivity index (χ4v) is 0.913. The molecule has 2 rings (SSSR count). The fourth-order valence-electron chi connectivity index (χ4n) is 0.913. The highest BCUT2D eigenvalue weighted by Gasteiger charge is 2.22. The van der Waals surface area contributed by atoms with E-state index in [0.717, 1.165) is 12.1 Å². The summed E-state index contributed by atoms with van der Waals surface area (Å²) in [6.07, 6.45) is 2.90. The molecule has 1 aliphatic rings. The number of nitrogens with zero attached hydrogens (tertiary/aromatic N) is 1. The Hall–Kier alpha value is -0.960. The van der Waals surface area contributed by atoms with Crippen molar-refractivity contribution in [3.8, 4) is 0 Å². The van der Waals surface area contributed by atoms with E-state index in [0.29, 0.717) is 6.04 Å². The van der Waals surface area contributed by atoms with Crippen LogP contribution in [0, 0.1) is 5.82 Å². The molecule has 0 saturated carbocycles. The summed E-state index contributed by atoms with van der Waals surface area (Å²) in [5.41, 5.74) is 0.944. The van der Waals surface area contributed by atoms with Gasteiger partial charge in [-0.05, 0) is 11.6 Å². The van der Waals surface area contributed by atoms with Crippen molar-refractivity contribution >= 4 is 0 Å². The highest BCUT2D eigenvalue weighted by Crippen LogP contribution is 2.20. The van der Waals surface area contributed by atoms with Crippen molar-refractivity contribution in [2.45, 2.75) is 6.04 Å². The zero-order valence-corrected chi connectivity index (χ0v) is 5.34. The van der Waals surface area contributed by atoms with E-state index in [2.05, 4.69) is 10.3 Å². The molecule has 52 valence electrons. The second kappa shape index (κ2) is 2.02. The Kier molecular flexibility index (Phi) is 1.17. The molecule has 0 unspecified atom stereocenters. The Bertz CT molecular complexity index is 245. The second-order valence-corrected chi connectivity index (χ2v) is 2.40. The minimum absolute atomic E-state index is 0.258. The van der Waals surface area contributed by atoms with Gasteiger partial charge in [0, 0.05) is 18.8 Å². The van der Waals surface area contributed by atoms with Gasteiger partial charge in [-0.1, -0.05) is 0 Å². The van der Waals surface area contributed by atoms with Crippen LogP contribution >= 0.6 is 0 Å². The standard InChI is InChI=1S/C7H7FN2/c8-6-1-5(2-9-3-6)7-4-10-7/h1-3,7,10H,4H2/t7-/m1/s1. The number of rotatable bonds is 1. The molecule has 3 heteroatoms. The van der Waals surface area contributed by atoms with E-state index in [1.54, 1.807) is 6.20 Å². The molecular formula is C7H7FN2. The number of hydrogen-bond donors (Lipinski definition) is 1. The van der Waals surface area contributed by atoms with E-state index in [4.69, 9.17) is 0 Å². The van der Waals surface area contributed by atoms with Gasteiger partial charge >= 0.3 is 0 Å². The van der Waals surface area contributed by atoms with Gasteiger partial charge in [-0.15, -0.1) is 0 Å². The summed E-state index contributed by atoms with van der Waals surface area (Å²) in [4.78, 5) is 3.73. The SMILES string of the molecule is Fc1cncc([C@H]2CN2)c1. The van der Waals surface area contributed by atoms with Crippen molar-refractivity contribution in [1.29, 1.82) is 0 Å². The average Bonchev–Trinajstić information content (AvgIpc) is 2.68. The van der Waals surface area contributed by atoms with E-state index < -0.39 is 0 Å². The minimum Gasteiger partial charge on any atom is -0.307 e. The summed E-state index contributed by atoms with van der Waals surface area (Å²) in [6.45, 7) is 0.950. The van der Waals surface area contributed by atoms with Gasteiger partial charge in [0.05, 0.1) is 6.20 Å². The lowest BCUT2D eigenvalue weighted by Gasteiger charge is -1.93. The van der Waals surface area contributed by atoms with E-state index in [1.165, 1.54) is 12.3 Å². The number of hydrogen-bond acceptors (Lipinski definition) is 2. The molecule has 1 fully saturated rings. The van der Waals surface area contributed by atoms with Crippen LogP contribution < -0.4 is 5.32 Å². The first-order chi connectivity index (χ1) is 4.86. The molecule has 1 atom stereocenters. The molecule has 0 aliphatic carbocycles. The Labute approximate surface area is 58.1 Å². The van der Waals surface area contributed by atoms with Gasteiger partial charge in [0.2, 0.25) is 0 Å². The van der Waals surface area contributed by atoms with Crippen molar-refractivity contribution in [3.63, 3.8) is 0 Å². The summed E-state index contributed by atoms with van der Waals surface area (Å²) in [6, 6.07) is 1.86. The van der Waals surface area contributed by atoms with Crippen molar-refractivity contribution in [1.82, 2.24) is 10.3 Å². The lowest BCUT2D eigenvalue weighted by atomic mass is 10.2. The zero-order chi connectivity index (χ0) is 6.97. The van der Waals surface area contributed by atoms with E-state index in [9.17, 15) is 4.39 Å². The van der Waals surface area contributed by atoms with Crippen LogP contribution in [0.5, 0.6) is 0 Å². The van der Waals surface area contributed by atoms with Gasteiger partial charge in [0.1, 0.15) is 5.82 Å². The largest absolute Gasteiger partial charge is 0.307 e. The predicted molar refractivity (Wildman–Crippen MR) is 34.9 cm³/mol. The van der Waals surface area contributed by atoms with Gasteiger partial charge < -0.3 is 5.32 Å². The Morgan fingerprint density at radius 1 is 1.60 bits per heavy atom. The number of nitrogens with one attached hydrogen (secondary N) is 1. The van der Waals surface area contributed by atoms with Crippen LogP contribution in [-0.2, 0) is 0 Å². The van der Waals surface area contributed by atoms with Gasteiger partial charge in [0.25, 0.3) is 0 Å². The summed E-state index contributed by atoms with van der Waals surface area (Å²) in [5, 5.41) is 3.07. The van der Waals surface area contributed by atoms with Crippen molar-refractivity contribution in [2.75, 3.05) is 6.54 Å². The van der Waals surface area contributed by atoms with Crippen molar-refractivity contribution < 1.29 is 4.39 Å². The molecule has 1 aromatic rings. The zero-order valence-electron chi connectivity index (χ0n) is 5.34. The molecule has 1 aromatic heterocycles. The lowest BCUT2D eigenvalue weighted by molar-refractivity contribution is 0.618. The number of pyridine rings is 1. The number of halogens is 1. The van der Waals surface area contributed by atoms with Crippen molar-refractivity contribution in [2.24, 2.45) is 0 Å². The first-order valence-corrected chi connectivity index (χ1v) is 3.20. The van der Waals surface area contributed by atoms with E-state index in [-0.39, 0.29) is 5.82 Å². The van der Waals surface area contributed by atoms with Crippen LogP contribution in [0.1, 0.15) is 11.6 Å². The van der Waals surface area contributed by atoms with Crippen LogP contribution in [-0.4, -0.2) is 11.5 Å². The molecule has 10 heavy (non-hydrogen) atoms. The summed E-state index contributed by atoms with van der Waals surface area (Å²) in [7, 11) is 0. The normalized spacial score (nSPS) is 22.7. The van der Waals surface area contributed by atoms with Crippen LogP contribution in [0.4, 0.5) is 4.39 Å². The second-order valence-electron chi connectivity index (χ2n) is 2.40. The minimum atomic E-state index is -0.258. The molecule has 0 aromatic carbocycles. The fraction of sp³-hybridized carbons (Fsp3) is 0.286. The molecule has 0 spiro atoms. The van der Waals surface area contributed by atoms with Crippen LogP contribution in [0.25, 0.3) is 0 Å². The third kappa shape index (κ3) is 0.998. The first-order valence-electron chi connectivity index (χ1n) is 3.20. The molecule has 1 aliphatic heterocycles. The van der Waals surface area contributed by atoms with Gasteiger partial charge in [-0.3, -0.25) is 4.98 Å². The van der Waals surface area contributed by atoms with Crippen LogP contribution in [0.15, 0.2) is 18.5 Å². The predicted octanol–water partition coefficient (Wildman–Crippen LogP) is 0.865. The Morgan fingerprint density at radius 3 is 3.00 bits per heavy atom. The van der Waals surface area contributed by atoms with Crippen LogP contribution in [0.2, 0.25) is 0 Å². The number of aromatic nitrogens is 1. The molecule has 1 saturated heterocycles. The maximum Gasteiger partial charge on any atom is 0.141 e. The van der Waals surface area contributed by atoms with E-state index >= 15 is 0 Å². The summed E-state index contributed by atoms with van der Waals surface area (Å²) >= 11 is 0. The topological polar surface area (TPSA) is 34.8 Å². The Balaban J connectivity index is 2.32. The Morgan fingerprint density at radius 2 is 2.40 bits per heavy atom. The molecule has 1 N–H and O–H groups in total. The molecule has 0 radical (unpaired) electrons. The monoisotopic (exact) mass is 138 g/mol. The van der Waals surface area contributed by atoms with Crippen LogP contribution in [0.3, 0.4) is 0 Å². The summed E-state index contributed by atoms with van der Waals surface area (Å²) < 4.78 is 12.5. The third-order valence-corrected chi connectivity index (χ3v) is 1.54. The average molecular weight is 138 g/mol. The maximum atomic E-state index is 12.5. The van der Waals surface area contributed by atoms with Gasteiger partial charge in [-0.2, -0.15) is 0 Å². The first kappa shape index (κ1) is 5.80. The third-order valence-electron chi connectivity index (χ3n) is 1.54.